The number of sulfone groups is 1. The number of aromatic hydroxyl groups is 1. The smallest absolute Gasteiger partial charge is 0.289 e. The van der Waals surface area contributed by atoms with Crippen LogP contribution in [0.3, 0.4) is 0 Å². The second-order valence-electron chi connectivity index (χ2n) is 7.44. The number of amides is 2. The predicted molar refractivity (Wildman–Crippen MR) is 116 cm³/mol. The molecule has 0 saturated carbocycles. The van der Waals surface area contributed by atoms with Crippen molar-refractivity contribution in [1.29, 1.82) is 0 Å². The number of phenolic OH excluding ortho intramolecular Hbond substituents is 1. The zero-order valence-electron chi connectivity index (χ0n) is 17.2. The van der Waals surface area contributed by atoms with Crippen LogP contribution in [-0.4, -0.2) is 61.3 Å². The summed E-state index contributed by atoms with van der Waals surface area (Å²) in [6, 6.07) is 17.4. The van der Waals surface area contributed by atoms with Gasteiger partial charge >= 0.3 is 0 Å². The fraction of sp³-hybridized carbons (Fsp3) is 0.217. The molecular weight excluding hydrogens is 432 g/mol. The molecule has 32 heavy (non-hydrogen) atoms. The summed E-state index contributed by atoms with van der Waals surface area (Å²) in [5.41, 5.74) is 0.225. The Labute approximate surface area is 185 Å². The largest absolute Gasteiger partial charge is 0.507 e. The molecular formula is C23H22N2O6S. The molecule has 0 aliphatic carbocycles. The summed E-state index contributed by atoms with van der Waals surface area (Å²) in [5.74, 6) is -0.823. The molecule has 2 heterocycles. The second-order valence-corrected chi connectivity index (χ2v) is 9.43. The molecule has 166 valence electrons. The minimum absolute atomic E-state index is 0.0590. The van der Waals surface area contributed by atoms with E-state index in [-0.39, 0.29) is 45.3 Å². The molecule has 1 aliphatic rings. The molecule has 0 bridgehead atoms. The highest BCUT2D eigenvalue weighted by atomic mass is 32.2. The minimum Gasteiger partial charge on any atom is -0.507 e. The lowest BCUT2D eigenvalue weighted by Crippen LogP contribution is -2.50. The molecule has 1 fully saturated rings. The number of carbonyl (C=O) groups excluding carboxylic acids is 2. The van der Waals surface area contributed by atoms with Crippen LogP contribution in [0.1, 0.15) is 26.7 Å². The summed E-state index contributed by atoms with van der Waals surface area (Å²) in [4.78, 5) is 28.7. The third-order valence-electron chi connectivity index (χ3n) is 5.30. The molecule has 9 heteroatoms. The number of nitrogens with zero attached hydrogens (tertiary/aromatic N) is 2. The van der Waals surface area contributed by atoms with Crippen molar-refractivity contribution in [3.8, 4) is 5.75 Å². The number of carbonyl (C=O) groups is 2. The molecule has 8 nitrogen and oxygen atoms in total. The number of piperazine rings is 1. The summed E-state index contributed by atoms with van der Waals surface area (Å²) in [7, 11) is -3.58. The van der Waals surface area contributed by atoms with Gasteiger partial charge in [0.1, 0.15) is 17.3 Å². The Morgan fingerprint density at radius 1 is 0.812 bits per heavy atom. The Balaban J connectivity index is 1.38. The van der Waals surface area contributed by atoms with Gasteiger partial charge in [0.25, 0.3) is 11.8 Å². The van der Waals surface area contributed by atoms with E-state index in [1.165, 1.54) is 30.3 Å². The molecule has 0 atom stereocenters. The van der Waals surface area contributed by atoms with Gasteiger partial charge in [0.05, 0.1) is 10.5 Å². The lowest BCUT2D eigenvalue weighted by atomic mass is 10.1. The van der Waals surface area contributed by atoms with Crippen LogP contribution in [0.25, 0.3) is 0 Å². The maximum Gasteiger partial charge on any atom is 0.289 e. The molecule has 2 amide bonds. The monoisotopic (exact) mass is 454 g/mol. The molecule has 1 saturated heterocycles. The fourth-order valence-corrected chi connectivity index (χ4v) is 4.83. The Kier molecular flexibility index (Phi) is 6.00. The van der Waals surface area contributed by atoms with E-state index in [1.54, 1.807) is 46.2 Å². The van der Waals surface area contributed by atoms with Crippen molar-refractivity contribution in [2.75, 3.05) is 26.2 Å². The Morgan fingerprint density at radius 2 is 1.41 bits per heavy atom. The molecule has 1 aromatic heterocycles. The molecule has 4 rings (SSSR count). The van der Waals surface area contributed by atoms with Gasteiger partial charge in [-0.2, -0.15) is 0 Å². The first kappa shape index (κ1) is 21.6. The van der Waals surface area contributed by atoms with Crippen molar-refractivity contribution in [3.63, 3.8) is 0 Å². The SMILES string of the molecule is O=C(c1ccc(CS(=O)(=O)c2ccccc2)o1)N1CCN(C(=O)c2ccccc2O)CC1. The Morgan fingerprint density at radius 3 is 2.06 bits per heavy atom. The summed E-state index contributed by atoms with van der Waals surface area (Å²) < 4.78 is 30.6. The van der Waals surface area contributed by atoms with Gasteiger partial charge in [-0.05, 0) is 36.4 Å². The quantitative estimate of drug-likeness (QED) is 0.635. The molecule has 3 aromatic rings. The third kappa shape index (κ3) is 4.52. The summed E-state index contributed by atoms with van der Waals surface area (Å²) >= 11 is 0. The van der Waals surface area contributed by atoms with Crippen molar-refractivity contribution in [2.24, 2.45) is 0 Å². The number of phenols is 1. The number of benzene rings is 2. The van der Waals surface area contributed by atoms with Gasteiger partial charge in [0, 0.05) is 26.2 Å². The van der Waals surface area contributed by atoms with Gasteiger partial charge in [-0.3, -0.25) is 9.59 Å². The summed E-state index contributed by atoms with van der Waals surface area (Å²) in [5, 5.41) is 9.89. The standard InChI is InChI=1S/C23H22N2O6S/c26-20-9-5-4-8-19(20)22(27)24-12-14-25(15-13-24)23(28)21-11-10-17(31-21)16-32(29,30)18-6-2-1-3-7-18/h1-11,26H,12-16H2. The Hall–Kier alpha value is -3.59. The molecule has 1 N–H and O–H groups in total. The van der Waals surface area contributed by atoms with E-state index in [9.17, 15) is 23.1 Å². The third-order valence-corrected chi connectivity index (χ3v) is 6.95. The summed E-state index contributed by atoms with van der Waals surface area (Å²) in [6.07, 6.45) is 0. The Bertz CT molecular complexity index is 1230. The van der Waals surface area contributed by atoms with E-state index in [2.05, 4.69) is 0 Å². The number of hydrogen-bond acceptors (Lipinski definition) is 6. The van der Waals surface area contributed by atoms with Crippen molar-refractivity contribution in [1.82, 2.24) is 9.80 Å². The van der Waals surface area contributed by atoms with Crippen LogP contribution < -0.4 is 0 Å². The molecule has 0 spiro atoms. The first-order valence-corrected chi connectivity index (χ1v) is 11.7. The first-order chi connectivity index (χ1) is 15.3. The highest BCUT2D eigenvalue weighted by Crippen LogP contribution is 2.21. The van der Waals surface area contributed by atoms with Crippen LogP contribution in [0.2, 0.25) is 0 Å². The van der Waals surface area contributed by atoms with Crippen molar-refractivity contribution >= 4 is 21.7 Å². The van der Waals surface area contributed by atoms with Crippen molar-refractivity contribution in [3.05, 3.63) is 83.8 Å². The first-order valence-electron chi connectivity index (χ1n) is 10.1. The lowest BCUT2D eigenvalue weighted by Gasteiger charge is -2.34. The van der Waals surface area contributed by atoms with Crippen LogP contribution in [0.5, 0.6) is 5.75 Å². The average Bonchev–Trinajstić information content (AvgIpc) is 3.27. The number of hydrogen-bond donors (Lipinski definition) is 1. The van der Waals surface area contributed by atoms with Crippen molar-refractivity contribution < 1.29 is 27.5 Å². The number of rotatable bonds is 5. The number of para-hydroxylation sites is 1. The van der Waals surface area contributed by atoms with E-state index >= 15 is 0 Å². The van der Waals surface area contributed by atoms with E-state index in [0.29, 0.717) is 26.2 Å². The highest BCUT2D eigenvalue weighted by molar-refractivity contribution is 7.90. The van der Waals surface area contributed by atoms with Crippen LogP contribution in [0.4, 0.5) is 0 Å². The van der Waals surface area contributed by atoms with Crippen molar-refractivity contribution in [2.45, 2.75) is 10.6 Å². The van der Waals surface area contributed by atoms with Gasteiger partial charge in [-0.15, -0.1) is 0 Å². The average molecular weight is 455 g/mol. The molecule has 0 radical (unpaired) electrons. The molecule has 0 unspecified atom stereocenters. The van der Waals surface area contributed by atoms with Gasteiger partial charge in [0.2, 0.25) is 0 Å². The van der Waals surface area contributed by atoms with Crippen LogP contribution in [-0.2, 0) is 15.6 Å². The zero-order valence-corrected chi connectivity index (χ0v) is 18.0. The summed E-state index contributed by atoms with van der Waals surface area (Å²) in [6.45, 7) is 1.23. The fourth-order valence-electron chi connectivity index (χ4n) is 3.56. The topological polar surface area (TPSA) is 108 Å². The van der Waals surface area contributed by atoms with Gasteiger partial charge < -0.3 is 19.3 Å². The minimum atomic E-state index is -3.58. The zero-order chi connectivity index (χ0) is 22.7. The van der Waals surface area contributed by atoms with Crippen LogP contribution >= 0.6 is 0 Å². The lowest BCUT2D eigenvalue weighted by molar-refractivity contribution is 0.0516. The van der Waals surface area contributed by atoms with Gasteiger partial charge in [0.15, 0.2) is 15.6 Å². The normalized spacial score (nSPS) is 14.4. The second kappa shape index (κ2) is 8.88. The predicted octanol–water partition coefficient (Wildman–Crippen LogP) is 2.56. The van der Waals surface area contributed by atoms with Gasteiger partial charge in [-0.1, -0.05) is 30.3 Å². The van der Waals surface area contributed by atoms with Crippen LogP contribution in [0, 0.1) is 0 Å². The number of furan rings is 1. The maximum atomic E-state index is 12.8. The van der Waals surface area contributed by atoms with E-state index < -0.39 is 9.84 Å². The molecule has 2 aromatic carbocycles. The van der Waals surface area contributed by atoms with E-state index in [1.807, 2.05) is 0 Å². The van der Waals surface area contributed by atoms with E-state index in [4.69, 9.17) is 4.42 Å². The maximum absolute atomic E-state index is 12.8. The highest BCUT2D eigenvalue weighted by Gasteiger charge is 2.28. The van der Waals surface area contributed by atoms with Gasteiger partial charge in [-0.25, -0.2) is 8.42 Å². The van der Waals surface area contributed by atoms with E-state index in [0.717, 1.165) is 0 Å². The van der Waals surface area contributed by atoms with Crippen LogP contribution in [0.15, 0.2) is 76.0 Å². The molecule has 1 aliphatic heterocycles.